The minimum absolute atomic E-state index is 0.409. The summed E-state index contributed by atoms with van der Waals surface area (Å²) < 4.78 is 7.35. The van der Waals surface area contributed by atoms with E-state index in [1.54, 1.807) is 4.57 Å². The Kier molecular flexibility index (Phi) is 3.89. The van der Waals surface area contributed by atoms with Gasteiger partial charge in [0.15, 0.2) is 12.4 Å². The summed E-state index contributed by atoms with van der Waals surface area (Å²) in [6.07, 6.45) is 3.78. The third kappa shape index (κ3) is 3.05. The lowest BCUT2D eigenvalue weighted by atomic mass is 10.3. The third-order valence-electron chi connectivity index (χ3n) is 2.49. The van der Waals surface area contributed by atoms with Gasteiger partial charge in [-0.3, -0.25) is 0 Å². The lowest BCUT2D eigenvalue weighted by Crippen LogP contribution is -2.44. The molecule has 0 bridgehead atoms. The Balaban J connectivity index is 2.10. The lowest BCUT2D eigenvalue weighted by molar-refractivity contribution is -0.564. The summed E-state index contributed by atoms with van der Waals surface area (Å²) in [6.45, 7) is 0. The highest BCUT2D eigenvalue weighted by molar-refractivity contribution is 7.79. The molecular weight excluding hydrogens is 244 g/mol. The Bertz CT molecular complexity index is 523. The van der Waals surface area contributed by atoms with Crippen molar-refractivity contribution in [2.75, 3.05) is 19.0 Å². The van der Waals surface area contributed by atoms with Crippen molar-refractivity contribution in [3.63, 3.8) is 0 Å². The molecule has 1 aromatic heterocycles. The quantitative estimate of drug-likeness (QED) is 0.608. The fourth-order valence-corrected chi connectivity index (χ4v) is 1.70. The van der Waals surface area contributed by atoms with Crippen LogP contribution < -0.4 is 14.2 Å². The molecule has 92 valence electrons. The van der Waals surface area contributed by atoms with Crippen LogP contribution in [-0.4, -0.2) is 19.3 Å². The third-order valence-corrected chi connectivity index (χ3v) is 2.78. The predicted octanol–water partition coefficient (Wildman–Crippen LogP) is 2.25. The molecule has 0 saturated heterocycles. The van der Waals surface area contributed by atoms with Gasteiger partial charge in [0.2, 0.25) is 0 Å². The zero-order chi connectivity index (χ0) is 13.0. The second kappa shape index (κ2) is 5.60. The summed E-state index contributed by atoms with van der Waals surface area (Å²) in [5, 5.41) is 0.409. The zero-order valence-corrected chi connectivity index (χ0v) is 11.2. The van der Waals surface area contributed by atoms with Gasteiger partial charge in [-0.15, -0.1) is 4.57 Å². The zero-order valence-electron chi connectivity index (χ0n) is 10.4. The van der Waals surface area contributed by atoms with Crippen molar-refractivity contribution in [2.24, 2.45) is 0 Å². The maximum absolute atomic E-state index is 5.58. The topological polar surface area (TPSA) is 16.4 Å². The normalized spacial score (nSPS) is 9.89. The molecule has 0 N–H and O–H groups in total. The lowest BCUT2D eigenvalue weighted by Gasteiger charge is -2.10. The summed E-state index contributed by atoms with van der Waals surface area (Å²) >= 11 is 5.24. The molecule has 0 saturated carbocycles. The Morgan fingerprint density at radius 3 is 2.22 bits per heavy atom. The van der Waals surface area contributed by atoms with Crippen molar-refractivity contribution >= 4 is 23.1 Å². The standard InChI is InChI=1S/C14H15N2OS/c1-15(2)12-8-10-16(11-9-12)14(18)17-13-6-4-3-5-7-13/h3-11H,1-2H3/q+1. The first kappa shape index (κ1) is 12.5. The first-order valence-corrected chi connectivity index (χ1v) is 6.03. The molecule has 0 fully saturated rings. The predicted molar refractivity (Wildman–Crippen MR) is 76.0 cm³/mol. The van der Waals surface area contributed by atoms with Crippen LogP contribution in [0.15, 0.2) is 54.9 Å². The van der Waals surface area contributed by atoms with Crippen molar-refractivity contribution in [2.45, 2.75) is 0 Å². The summed E-state index contributed by atoms with van der Waals surface area (Å²) in [5.41, 5.74) is 1.12. The summed E-state index contributed by atoms with van der Waals surface area (Å²) in [4.78, 5) is 2.03. The van der Waals surface area contributed by atoms with Gasteiger partial charge >= 0.3 is 5.17 Å². The number of rotatable bonds is 2. The van der Waals surface area contributed by atoms with Crippen LogP contribution in [-0.2, 0) is 0 Å². The summed E-state index contributed by atoms with van der Waals surface area (Å²) in [5.74, 6) is 0.742. The fraction of sp³-hybridized carbons (Fsp3) is 0.143. The monoisotopic (exact) mass is 259 g/mol. The molecule has 0 aliphatic heterocycles. The molecule has 0 spiro atoms. The molecule has 0 unspecified atom stereocenters. The highest BCUT2D eigenvalue weighted by atomic mass is 32.1. The fourth-order valence-electron chi connectivity index (χ4n) is 1.48. The van der Waals surface area contributed by atoms with Crippen molar-refractivity contribution in [1.29, 1.82) is 0 Å². The highest BCUT2D eigenvalue weighted by Gasteiger charge is 2.12. The molecule has 4 heteroatoms. The number of benzene rings is 1. The van der Waals surface area contributed by atoms with Gasteiger partial charge in [0.05, 0.1) is 0 Å². The Labute approximate surface area is 112 Å². The van der Waals surface area contributed by atoms with Crippen LogP contribution in [0.1, 0.15) is 0 Å². The first-order chi connectivity index (χ1) is 8.66. The SMILES string of the molecule is CN(C)c1cc[n+](C(=S)Oc2ccccc2)cc1. The van der Waals surface area contributed by atoms with Gasteiger partial charge in [0, 0.05) is 44.1 Å². The average molecular weight is 259 g/mol. The number of hydrogen-bond acceptors (Lipinski definition) is 3. The Hall–Kier alpha value is -1.94. The number of ether oxygens (including phenoxy) is 1. The second-order valence-electron chi connectivity index (χ2n) is 4.04. The van der Waals surface area contributed by atoms with Crippen LogP contribution >= 0.6 is 12.2 Å². The van der Waals surface area contributed by atoms with Gasteiger partial charge in [0.25, 0.3) is 0 Å². The number of nitrogens with zero attached hydrogens (tertiary/aromatic N) is 2. The van der Waals surface area contributed by atoms with Crippen molar-refractivity contribution in [3.8, 4) is 5.75 Å². The molecule has 0 amide bonds. The van der Waals surface area contributed by atoms with Crippen LogP contribution in [0, 0.1) is 0 Å². The number of thiocarbonyl (C=S) groups is 1. The molecule has 0 aliphatic rings. The average Bonchev–Trinajstić information content (AvgIpc) is 2.40. The van der Waals surface area contributed by atoms with Crippen LogP contribution in [0.25, 0.3) is 0 Å². The van der Waals surface area contributed by atoms with Crippen molar-refractivity contribution < 1.29 is 9.30 Å². The molecule has 0 radical (unpaired) electrons. The van der Waals surface area contributed by atoms with Crippen LogP contribution in [0.4, 0.5) is 5.69 Å². The van der Waals surface area contributed by atoms with Gasteiger partial charge < -0.3 is 9.64 Å². The van der Waals surface area contributed by atoms with Crippen molar-refractivity contribution in [1.82, 2.24) is 0 Å². The van der Waals surface area contributed by atoms with Gasteiger partial charge in [-0.05, 0) is 12.1 Å². The molecule has 1 aromatic carbocycles. The van der Waals surface area contributed by atoms with Crippen LogP contribution in [0.2, 0.25) is 0 Å². The molecule has 0 aliphatic carbocycles. The van der Waals surface area contributed by atoms with Gasteiger partial charge in [0.1, 0.15) is 5.75 Å². The van der Waals surface area contributed by atoms with E-state index >= 15 is 0 Å². The summed E-state index contributed by atoms with van der Waals surface area (Å²) in [7, 11) is 4.00. The molecule has 0 atom stereocenters. The van der Waals surface area contributed by atoms with Gasteiger partial charge in [-0.25, -0.2) is 0 Å². The molecule has 3 nitrogen and oxygen atoms in total. The largest absolute Gasteiger partial charge is 0.451 e. The maximum Gasteiger partial charge on any atom is 0.451 e. The summed E-state index contributed by atoms with van der Waals surface area (Å²) in [6, 6.07) is 13.5. The van der Waals surface area contributed by atoms with Gasteiger partial charge in [-0.1, -0.05) is 18.2 Å². The maximum atomic E-state index is 5.58. The smallest absolute Gasteiger partial charge is 0.396 e. The molecule has 18 heavy (non-hydrogen) atoms. The van der Waals surface area contributed by atoms with Crippen LogP contribution in [0.5, 0.6) is 5.75 Å². The van der Waals surface area contributed by atoms with E-state index in [1.807, 2.05) is 73.9 Å². The van der Waals surface area contributed by atoms with E-state index in [9.17, 15) is 0 Å². The number of hydrogen-bond donors (Lipinski definition) is 0. The van der Waals surface area contributed by atoms with Gasteiger partial charge in [-0.2, -0.15) is 0 Å². The number of para-hydroxylation sites is 1. The van der Waals surface area contributed by atoms with Crippen molar-refractivity contribution in [3.05, 3.63) is 54.9 Å². The molecule has 2 aromatic rings. The van der Waals surface area contributed by atoms with E-state index in [0.717, 1.165) is 11.4 Å². The Morgan fingerprint density at radius 1 is 1.06 bits per heavy atom. The number of anilines is 1. The minimum Gasteiger partial charge on any atom is -0.396 e. The number of aromatic nitrogens is 1. The van der Waals surface area contributed by atoms with E-state index in [2.05, 4.69) is 0 Å². The molecular formula is C14H15N2OS+. The van der Waals surface area contributed by atoms with Crippen LogP contribution in [0.3, 0.4) is 0 Å². The van der Waals surface area contributed by atoms with E-state index in [0.29, 0.717) is 5.17 Å². The van der Waals surface area contributed by atoms with E-state index in [1.165, 1.54) is 0 Å². The number of pyridine rings is 1. The Morgan fingerprint density at radius 2 is 1.67 bits per heavy atom. The molecule has 1 heterocycles. The highest BCUT2D eigenvalue weighted by Crippen LogP contribution is 2.09. The second-order valence-corrected chi connectivity index (χ2v) is 4.39. The van der Waals surface area contributed by atoms with E-state index in [-0.39, 0.29) is 0 Å². The molecule has 2 rings (SSSR count). The van der Waals surface area contributed by atoms with E-state index in [4.69, 9.17) is 17.0 Å². The first-order valence-electron chi connectivity index (χ1n) is 5.63. The van der Waals surface area contributed by atoms with E-state index < -0.39 is 0 Å². The minimum atomic E-state index is 0.409.